The molecule has 0 saturated carbocycles. The van der Waals surface area contributed by atoms with E-state index in [0.29, 0.717) is 5.56 Å². The molecule has 0 fully saturated rings. The van der Waals surface area contributed by atoms with Gasteiger partial charge in [0.25, 0.3) is 5.91 Å². The molecule has 0 aliphatic rings. The van der Waals surface area contributed by atoms with Gasteiger partial charge >= 0.3 is 10.4 Å². The largest absolute Gasteiger partial charge is 0.394 e. The van der Waals surface area contributed by atoms with Crippen molar-refractivity contribution in [3.05, 3.63) is 111 Å². The molecular weight excluding hydrogens is 628 g/mol. The SMILES string of the molecule is O=C(NN=C/C(Br)=C\c1ccccc1)c1ccc(N/N=C/C(Br)=Cc2ccccc2)cc1.O=S(=O)(O)O. The maximum absolute atomic E-state index is 12.2. The lowest BCUT2D eigenvalue weighted by Gasteiger charge is -2.03. The van der Waals surface area contributed by atoms with Crippen LogP contribution in [0.25, 0.3) is 12.2 Å². The second-order valence-corrected chi connectivity index (χ2v) is 9.70. The van der Waals surface area contributed by atoms with E-state index in [0.717, 1.165) is 25.8 Å². The van der Waals surface area contributed by atoms with Crippen LogP contribution in [0.3, 0.4) is 0 Å². The summed E-state index contributed by atoms with van der Waals surface area (Å²) in [6, 6.07) is 26.7. The van der Waals surface area contributed by atoms with Crippen molar-refractivity contribution < 1.29 is 22.3 Å². The van der Waals surface area contributed by atoms with Gasteiger partial charge in [0.15, 0.2) is 0 Å². The first kappa shape index (κ1) is 29.8. The summed E-state index contributed by atoms with van der Waals surface area (Å²) in [5, 5.41) is 8.17. The molecule has 0 saturated heterocycles. The van der Waals surface area contributed by atoms with Crippen LogP contribution in [0.15, 0.2) is 104 Å². The Morgan fingerprint density at radius 2 is 1.16 bits per heavy atom. The molecule has 3 aromatic rings. The number of anilines is 1. The van der Waals surface area contributed by atoms with Gasteiger partial charge in [-0.25, -0.2) is 5.43 Å². The number of rotatable bonds is 8. The van der Waals surface area contributed by atoms with E-state index < -0.39 is 10.4 Å². The number of nitrogens with zero attached hydrogens (tertiary/aromatic N) is 2. The molecule has 37 heavy (non-hydrogen) atoms. The first-order chi connectivity index (χ1) is 17.6. The minimum absolute atomic E-state index is 0.301. The van der Waals surface area contributed by atoms with Crippen LogP contribution in [0.4, 0.5) is 5.69 Å². The first-order valence-electron chi connectivity index (χ1n) is 10.4. The normalized spacial score (nSPS) is 12.2. The zero-order valence-electron chi connectivity index (χ0n) is 19.1. The van der Waals surface area contributed by atoms with E-state index in [1.807, 2.05) is 72.8 Å². The first-order valence-corrected chi connectivity index (χ1v) is 13.4. The van der Waals surface area contributed by atoms with Gasteiger partial charge < -0.3 is 0 Å². The molecular formula is C25H22Br2N4O5S. The van der Waals surface area contributed by atoms with E-state index in [1.165, 1.54) is 6.21 Å². The summed E-state index contributed by atoms with van der Waals surface area (Å²) in [5.41, 5.74) is 8.80. The molecule has 4 N–H and O–H groups in total. The number of carbonyl (C=O) groups excluding carboxylic acids is 1. The molecule has 9 nitrogen and oxygen atoms in total. The van der Waals surface area contributed by atoms with Crippen LogP contribution in [-0.4, -0.2) is 35.9 Å². The topological polar surface area (TPSA) is 140 Å². The smallest absolute Gasteiger partial charge is 0.278 e. The molecule has 0 aliphatic heterocycles. The second kappa shape index (κ2) is 15.6. The Morgan fingerprint density at radius 1 is 0.730 bits per heavy atom. The summed E-state index contributed by atoms with van der Waals surface area (Å²) in [6.45, 7) is 0. The van der Waals surface area contributed by atoms with Crippen molar-refractivity contribution in [3.63, 3.8) is 0 Å². The maximum Gasteiger partial charge on any atom is 0.394 e. The number of amides is 1. The highest BCUT2D eigenvalue weighted by Crippen LogP contribution is 2.13. The Hall–Kier alpha value is -3.42. The fourth-order valence-corrected chi connectivity index (χ4v) is 3.31. The summed E-state index contributed by atoms with van der Waals surface area (Å²) >= 11 is 6.88. The Kier molecular flexibility index (Phi) is 12.6. The van der Waals surface area contributed by atoms with Crippen molar-refractivity contribution in [2.24, 2.45) is 10.2 Å². The average Bonchev–Trinajstić information content (AvgIpc) is 2.84. The van der Waals surface area contributed by atoms with Crippen molar-refractivity contribution in [1.29, 1.82) is 0 Å². The van der Waals surface area contributed by atoms with Crippen molar-refractivity contribution in [3.8, 4) is 0 Å². The van der Waals surface area contributed by atoms with Crippen LogP contribution in [0.2, 0.25) is 0 Å². The van der Waals surface area contributed by atoms with Crippen molar-refractivity contribution in [1.82, 2.24) is 5.43 Å². The minimum atomic E-state index is -4.67. The number of nitrogens with one attached hydrogen (secondary N) is 2. The van der Waals surface area contributed by atoms with Crippen LogP contribution >= 0.6 is 31.9 Å². The van der Waals surface area contributed by atoms with E-state index >= 15 is 0 Å². The lowest BCUT2D eigenvalue weighted by molar-refractivity contribution is 0.0955. The summed E-state index contributed by atoms with van der Waals surface area (Å²) in [7, 11) is -4.67. The Labute approximate surface area is 231 Å². The third kappa shape index (κ3) is 14.0. The molecule has 0 radical (unpaired) electrons. The molecule has 0 aliphatic carbocycles. The molecule has 192 valence electrons. The zero-order valence-corrected chi connectivity index (χ0v) is 23.1. The Balaban J connectivity index is 0.000000877. The molecule has 12 heteroatoms. The number of hydrogen-bond acceptors (Lipinski definition) is 6. The van der Waals surface area contributed by atoms with Gasteiger partial charge in [0.2, 0.25) is 0 Å². The number of halogens is 2. The van der Waals surface area contributed by atoms with Crippen molar-refractivity contribution in [2.75, 3.05) is 5.43 Å². The van der Waals surface area contributed by atoms with Crippen molar-refractivity contribution in [2.45, 2.75) is 0 Å². The standard InChI is InChI=1S/C25H20Br2N4O.H2O4S/c26-22(15-19-7-3-1-4-8-19)17-28-30-24-13-11-21(12-14-24)25(32)31-29-18-23(27)16-20-9-5-2-6-10-20;1-5(2,3)4/h1-18,30H,(H,31,32);(H2,1,2,3,4)/b22-15?,23-16+,28-17+,29-18?;. The van der Waals surface area contributed by atoms with Crippen LogP contribution in [0.1, 0.15) is 21.5 Å². The molecule has 0 unspecified atom stereocenters. The van der Waals surface area contributed by atoms with Crippen LogP contribution in [-0.2, 0) is 10.4 Å². The van der Waals surface area contributed by atoms with Crippen LogP contribution in [0, 0.1) is 0 Å². The highest BCUT2D eigenvalue weighted by molar-refractivity contribution is 9.12. The van der Waals surface area contributed by atoms with E-state index in [-0.39, 0.29) is 5.91 Å². The lowest BCUT2D eigenvalue weighted by atomic mass is 10.2. The Bertz CT molecular complexity index is 1370. The molecule has 1 amide bonds. The quantitative estimate of drug-likeness (QED) is 0.134. The van der Waals surface area contributed by atoms with Gasteiger partial charge in [0.05, 0.1) is 18.1 Å². The van der Waals surface area contributed by atoms with Gasteiger partial charge in [-0.3, -0.25) is 19.3 Å². The summed E-state index contributed by atoms with van der Waals surface area (Å²) in [4.78, 5) is 12.2. The number of carbonyl (C=O) groups is 1. The van der Waals surface area contributed by atoms with Crippen LogP contribution in [0.5, 0.6) is 0 Å². The fraction of sp³-hybridized carbons (Fsp3) is 0. The average molecular weight is 650 g/mol. The van der Waals surface area contributed by atoms with Gasteiger partial charge in [-0.2, -0.15) is 18.6 Å². The van der Waals surface area contributed by atoms with Crippen molar-refractivity contribution >= 4 is 78.4 Å². The summed E-state index contributed by atoms with van der Waals surface area (Å²) in [6.07, 6.45) is 7.08. The third-order valence-corrected chi connectivity index (χ3v) is 4.96. The third-order valence-electron chi connectivity index (χ3n) is 4.09. The molecule has 0 bridgehead atoms. The zero-order chi connectivity index (χ0) is 27.1. The number of hydrazone groups is 2. The van der Waals surface area contributed by atoms with E-state index in [2.05, 4.69) is 52.9 Å². The fourth-order valence-electron chi connectivity index (χ4n) is 2.57. The molecule has 3 rings (SSSR count). The molecule has 3 aromatic carbocycles. The number of allylic oxidation sites excluding steroid dienone is 2. The summed E-state index contributed by atoms with van der Waals surface area (Å²) in [5.74, 6) is -0.301. The molecule has 0 spiro atoms. The van der Waals surface area contributed by atoms with Gasteiger partial charge in [-0.05, 0) is 79.4 Å². The Morgan fingerprint density at radius 3 is 1.62 bits per heavy atom. The predicted octanol–water partition coefficient (Wildman–Crippen LogP) is 6.02. The predicted molar refractivity (Wildman–Crippen MR) is 155 cm³/mol. The monoisotopic (exact) mass is 648 g/mol. The van der Waals surface area contributed by atoms with Gasteiger partial charge in [0.1, 0.15) is 0 Å². The van der Waals surface area contributed by atoms with E-state index in [4.69, 9.17) is 17.5 Å². The minimum Gasteiger partial charge on any atom is -0.278 e. The van der Waals surface area contributed by atoms with E-state index in [1.54, 1.807) is 30.5 Å². The molecule has 0 heterocycles. The summed E-state index contributed by atoms with van der Waals surface area (Å²) < 4.78 is 33.2. The number of hydrogen-bond donors (Lipinski definition) is 4. The highest BCUT2D eigenvalue weighted by atomic mass is 79.9. The molecule has 0 aromatic heterocycles. The van der Waals surface area contributed by atoms with Crippen LogP contribution < -0.4 is 10.9 Å². The van der Waals surface area contributed by atoms with Gasteiger partial charge in [0, 0.05) is 14.5 Å². The van der Waals surface area contributed by atoms with E-state index in [9.17, 15) is 4.79 Å². The molecule has 0 atom stereocenters. The number of benzene rings is 3. The van der Waals surface area contributed by atoms with Gasteiger partial charge in [-0.1, -0.05) is 60.7 Å². The van der Waals surface area contributed by atoms with Gasteiger partial charge in [-0.15, -0.1) is 0 Å². The second-order valence-electron chi connectivity index (χ2n) is 6.97. The lowest BCUT2D eigenvalue weighted by Crippen LogP contribution is -2.17. The highest BCUT2D eigenvalue weighted by Gasteiger charge is 2.03. The maximum atomic E-state index is 12.2.